The summed E-state index contributed by atoms with van der Waals surface area (Å²) in [5, 5.41) is 20.3. The lowest BCUT2D eigenvalue weighted by Crippen LogP contribution is -2.29. The van der Waals surface area contributed by atoms with Crippen molar-refractivity contribution in [3.8, 4) is 0 Å². The summed E-state index contributed by atoms with van der Waals surface area (Å²) >= 11 is 0. The Morgan fingerprint density at radius 1 is 1.00 bits per heavy atom. The Morgan fingerprint density at radius 2 is 1.70 bits per heavy atom. The summed E-state index contributed by atoms with van der Waals surface area (Å²) in [4.78, 5) is 2.15. The van der Waals surface area contributed by atoms with E-state index in [0.29, 0.717) is 18.8 Å². The maximum absolute atomic E-state index is 12.9. The van der Waals surface area contributed by atoms with Crippen molar-refractivity contribution < 1.29 is 28.3 Å². The molecule has 2 fully saturated rings. The molecule has 7 nitrogen and oxygen atoms in total. The van der Waals surface area contributed by atoms with E-state index >= 15 is 0 Å². The molecule has 2 N–H and O–H groups in total. The molecule has 0 bridgehead atoms. The van der Waals surface area contributed by atoms with Crippen LogP contribution >= 0.6 is 7.82 Å². The van der Waals surface area contributed by atoms with Crippen LogP contribution in [-0.4, -0.2) is 61.4 Å². The average Bonchev–Trinajstić information content (AvgIpc) is 3.34. The Balaban J connectivity index is 1.37. The van der Waals surface area contributed by atoms with Crippen LogP contribution in [0, 0.1) is 5.92 Å². The van der Waals surface area contributed by atoms with Crippen LogP contribution in [-0.2, 0) is 23.6 Å². The number of piperidine rings is 1. The van der Waals surface area contributed by atoms with Gasteiger partial charge >= 0.3 is 7.82 Å². The molecule has 30 heavy (non-hydrogen) atoms. The molecule has 2 aliphatic rings. The Kier molecular flexibility index (Phi) is 6.90. The SMILES string of the molecule is O=P(OCCCO)(OCCCO)OCN1C[C@H]2C[C@@]2(c2ccc3ccccc3c2)C1. The van der Waals surface area contributed by atoms with Crippen molar-refractivity contribution in [1.82, 2.24) is 4.90 Å². The number of nitrogens with zero attached hydrogens (tertiary/aromatic N) is 1. The Hall–Kier alpha value is -1.31. The molecule has 1 aliphatic heterocycles. The summed E-state index contributed by atoms with van der Waals surface area (Å²) in [6.07, 6.45) is 1.88. The third-order valence-electron chi connectivity index (χ3n) is 6.04. The van der Waals surface area contributed by atoms with Crippen molar-refractivity contribution in [1.29, 1.82) is 0 Å². The first-order valence-electron chi connectivity index (χ1n) is 10.6. The van der Waals surface area contributed by atoms with Crippen LogP contribution in [0.15, 0.2) is 42.5 Å². The molecule has 1 saturated heterocycles. The number of aliphatic hydroxyl groups is 2. The minimum absolute atomic E-state index is 0.0568. The summed E-state index contributed by atoms with van der Waals surface area (Å²) in [6.45, 7) is 1.98. The van der Waals surface area contributed by atoms with Gasteiger partial charge in [0.1, 0.15) is 6.73 Å². The zero-order valence-corrected chi connectivity index (χ0v) is 18.0. The number of likely N-dealkylation sites (tertiary alicyclic amines) is 1. The van der Waals surface area contributed by atoms with Crippen LogP contribution in [0.25, 0.3) is 10.8 Å². The molecule has 8 heteroatoms. The summed E-state index contributed by atoms with van der Waals surface area (Å²) in [5.74, 6) is 0.576. The molecule has 0 aromatic heterocycles. The van der Waals surface area contributed by atoms with Crippen LogP contribution in [0.5, 0.6) is 0 Å². The first kappa shape index (κ1) is 21.9. The van der Waals surface area contributed by atoms with E-state index in [-0.39, 0.29) is 38.6 Å². The van der Waals surface area contributed by atoms with Gasteiger partial charge in [0, 0.05) is 31.7 Å². The topological polar surface area (TPSA) is 88.5 Å². The van der Waals surface area contributed by atoms with Gasteiger partial charge < -0.3 is 10.2 Å². The molecule has 0 spiro atoms. The van der Waals surface area contributed by atoms with Gasteiger partial charge in [0.25, 0.3) is 0 Å². The first-order chi connectivity index (χ1) is 14.6. The lowest BCUT2D eigenvalue weighted by molar-refractivity contribution is 0.0576. The predicted octanol–water partition coefficient (Wildman–Crippen LogP) is 3.29. The van der Waals surface area contributed by atoms with Crippen LogP contribution in [0.2, 0.25) is 0 Å². The number of aliphatic hydroxyl groups excluding tert-OH is 2. The van der Waals surface area contributed by atoms with E-state index in [1.165, 1.54) is 22.8 Å². The summed E-state index contributed by atoms with van der Waals surface area (Å²) in [7, 11) is -3.73. The van der Waals surface area contributed by atoms with Gasteiger partial charge in [-0.05, 0) is 41.5 Å². The Bertz CT molecular complexity index is 894. The summed E-state index contributed by atoms with van der Waals surface area (Å²) in [6, 6.07) is 15.1. The van der Waals surface area contributed by atoms with Gasteiger partial charge in [0.05, 0.1) is 13.2 Å². The van der Waals surface area contributed by atoms with E-state index in [9.17, 15) is 4.57 Å². The fourth-order valence-electron chi connectivity index (χ4n) is 4.38. The van der Waals surface area contributed by atoms with E-state index in [4.69, 9.17) is 23.8 Å². The molecular formula is C22H30NO6P. The van der Waals surface area contributed by atoms with Crippen molar-refractivity contribution in [2.75, 3.05) is 46.2 Å². The van der Waals surface area contributed by atoms with Crippen molar-refractivity contribution in [3.63, 3.8) is 0 Å². The molecule has 4 rings (SSSR count). The molecule has 0 amide bonds. The number of rotatable bonds is 12. The molecule has 0 unspecified atom stereocenters. The van der Waals surface area contributed by atoms with Gasteiger partial charge in [-0.1, -0.05) is 42.5 Å². The quantitative estimate of drug-likeness (QED) is 0.391. The zero-order chi connectivity index (χ0) is 21.0. The number of benzene rings is 2. The Morgan fingerprint density at radius 3 is 2.40 bits per heavy atom. The molecule has 2 aromatic rings. The number of fused-ring (bicyclic) bond motifs is 2. The minimum atomic E-state index is -3.73. The highest BCUT2D eigenvalue weighted by Crippen LogP contribution is 2.59. The molecule has 2 atom stereocenters. The molecule has 1 aliphatic carbocycles. The second kappa shape index (κ2) is 9.45. The summed E-state index contributed by atoms with van der Waals surface area (Å²) < 4.78 is 29.1. The molecular weight excluding hydrogens is 405 g/mol. The highest BCUT2D eigenvalue weighted by molar-refractivity contribution is 7.48. The molecule has 1 heterocycles. The monoisotopic (exact) mass is 435 g/mol. The fraction of sp³-hybridized carbons (Fsp3) is 0.545. The minimum Gasteiger partial charge on any atom is -0.396 e. The van der Waals surface area contributed by atoms with Crippen molar-refractivity contribution in [2.45, 2.75) is 24.7 Å². The maximum Gasteiger partial charge on any atom is 0.476 e. The van der Waals surface area contributed by atoms with Crippen molar-refractivity contribution >= 4 is 18.6 Å². The summed E-state index contributed by atoms with van der Waals surface area (Å²) in [5.41, 5.74) is 1.50. The number of phosphoric ester groups is 1. The highest BCUT2D eigenvalue weighted by atomic mass is 31.2. The maximum atomic E-state index is 12.9. The average molecular weight is 435 g/mol. The second-order valence-electron chi connectivity index (χ2n) is 8.16. The van der Waals surface area contributed by atoms with Gasteiger partial charge in [-0.25, -0.2) is 4.57 Å². The van der Waals surface area contributed by atoms with Crippen LogP contribution in [0.4, 0.5) is 0 Å². The molecule has 164 valence electrons. The smallest absolute Gasteiger partial charge is 0.396 e. The normalized spacial score (nSPS) is 23.7. The molecule has 0 radical (unpaired) electrons. The van der Waals surface area contributed by atoms with Crippen molar-refractivity contribution in [2.24, 2.45) is 5.92 Å². The van der Waals surface area contributed by atoms with Crippen LogP contribution in [0.1, 0.15) is 24.8 Å². The van der Waals surface area contributed by atoms with Crippen LogP contribution < -0.4 is 0 Å². The third-order valence-corrected chi connectivity index (χ3v) is 7.47. The highest BCUT2D eigenvalue weighted by Gasteiger charge is 2.60. The van der Waals surface area contributed by atoms with E-state index in [1.54, 1.807) is 0 Å². The van der Waals surface area contributed by atoms with Gasteiger partial charge in [-0.3, -0.25) is 18.5 Å². The van der Waals surface area contributed by atoms with Crippen molar-refractivity contribution in [3.05, 3.63) is 48.0 Å². The van der Waals surface area contributed by atoms with Gasteiger partial charge in [0.2, 0.25) is 0 Å². The third kappa shape index (κ3) is 4.78. The Labute approximate surface area is 177 Å². The van der Waals surface area contributed by atoms with Gasteiger partial charge in [-0.15, -0.1) is 0 Å². The predicted molar refractivity (Wildman–Crippen MR) is 114 cm³/mol. The van der Waals surface area contributed by atoms with E-state index < -0.39 is 7.82 Å². The number of hydrogen-bond acceptors (Lipinski definition) is 7. The van der Waals surface area contributed by atoms with Gasteiger partial charge in [-0.2, -0.15) is 0 Å². The fourth-order valence-corrected chi connectivity index (χ4v) is 5.61. The standard InChI is InChI=1S/C22H30NO6P/c24-9-3-11-27-30(26,28-12-4-10-25)29-17-23-15-21-14-22(21,16-23)20-8-7-18-5-1-2-6-19(18)13-20/h1-2,5-8,13,21,24-25H,3-4,9-12,14-17H2/t21-,22+/m1/s1. The zero-order valence-electron chi connectivity index (χ0n) is 17.1. The lowest BCUT2D eigenvalue weighted by atomic mass is 9.93. The lowest BCUT2D eigenvalue weighted by Gasteiger charge is -2.24. The van der Waals surface area contributed by atoms with E-state index in [2.05, 4.69) is 47.4 Å². The van der Waals surface area contributed by atoms with Crippen LogP contribution in [0.3, 0.4) is 0 Å². The number of phosphoric acid groups is 1. The van der Waals surface area contributed by atoms with E-state index in [1.807, 2.05) is 0 Å². The molecule has 2 aromatic carbocycles. The molecule has 1 saturated carbocycles. The second-order valence-corrected chi connectivity index (χ2v) is 9.83. The number of hydrogen-bond donors (Lipinski definition) is 2. The first-order valence-corrected chi connectivity index (χ1v) is 12.0. The van der Waals surface area contributed by atoms with Gasteiger partial charge in [0.15, 0.2) is 0 Å². The largest absolute Gasteiger partial charge is 0.476 e. The van der Waals surface area contributed by atoms with E-state index in [0.717, 1.165) is 13.1 Å².